The number of para-hydroxylation sites is 1. The number of likely N-dealkylation sites (tertiary alicyclic amines) is 1. The fourth-order valence-corrected chi connectivity index (χ4v) is 4.05. The van der Waals surface area contributed by atoms with Crippen LogP contribution in [0.5, 0.6) is 0 Å². The summed E-state index contributed by atoms with van der Waals surface area (Å²) in [6.45, 7) is 2.02. The number of hydrogen-bond donors (Lipinski definition) is 2. The number of piperidine rings is 1. The van der Waals surface area contributed by atoms with Crippen LogP contribution in [0.3, 0.4) is 0 Å². The summed E-state index contributed by atoms with van der Waals surface area (Å²) in [4.78, 5) is 30.9. The van der Waals surface area contributed by atoms with Crippen molar-refractivity contribution >= 4 is 33.4 Å². The Bertz CT molecular complexity index is 1090. The molecule has 0 atom stereocenters. The van der Waals surface area contributed by atoms with Crippen LogP contribution < -0.4 is 11.1 Å². The van der Waals surface area contributed by atoms with Gasteiger partial charge >= 0.3 is 0 Å². The molecule has 3 aromatic rings. The number of hydrogen-bond acceptors (Lipinski definition) is 6. The van der Waals surface area contributed by atoms with Crippen molar-refractivity contribution in [1.29, 1.82) is 0 Å². The highest BCUT2D eigenvalue weighted by Gasteiger charge is 2.26. The number of benzene rings is 2. The molecule has 0 bridgehead atoms. The maximum Gasteiger partial charge on any atom is 0.250 e. The van der Waals surface area contributed by atoms with E-state index in [2.05, 4.69) is 36.3 Å². The van der Waals surface area contributed by atoms with Crippen molar-refractivity contribution in [1.82, 2.24) is 15.0 Å². The Morgan fingerprint density at radius 1 is 1.16 bits per heavy atom. The summed E-state index contributed by atoms with van der Waals surface area (Å²) < 4.78 is 6.36. The summed E-state index contributed by atoms with van der Waals surface area (Å²) >= 11 is 3.44. The molecule has 0 radical (unpaired) electrons. The second-order valence-corrected chi connectivity index (χ2v) is 8.39. The molecule has 3 N–H and O–H groups in total. The van der Waals surface area contributed by atoms with Gasteiger partial charge < -0.3 is 15.6 Å². The number of anilines is 1. The van der Waals surface area contributed by atoms with Gasteiger partial charge in [0.05, 0.1) is 17.8 Å². The molecule has 0 aliphatic carbocycles. The Hall–Kier alpha value is -3.04. The Kier molecular flexibility index (Phi) is 6.43. The Morgan fingerprint density at radius 2 is 1.94 bits per heavy atom. The van der Waals surface area contributed by atoms with Gasteiger partial charge in [0.25, 0.3) is 5.91 Å². The number of primary amides is 1. The minimum absolute atomic E-state index is 0.0944. The van der Waals surface area contributed by atoms with Gasteiger partial charge in [0.1, 0.15) is 0 Å². The summed E-state index contributed by atoms with van der Waals surface area (Å²) in [6, 6.07) is 14.5. The molecule has 9 heteroatoms. The Morgan fingerprint density at radius 3 is 2.68 bits per heavy atom. The van der Waals surface area contributed by atoms with Gasteiger partial charge in [-0.3, -0.25) is 14.5 Å². The molecule has 1 aromatic heterocycles. The second kappa shape index (κ2) is 9.40. The lowest BCUT2D eigenvalue weighted by Gasteiger charge is -2.30. The van der Waals surface area contributed by atoms with Gasteiger partial charge in [0.2, 0.25) is 17.6 Å². The largest absolute Gasteiger partial charge is 0.366 e. The highest BCUT2D eigenvalue weighted by atomic mass is 79.9. The van der Waals surface area contributed by atoms with Crippen LogP contribution in [-0.2, 0) is 11.3 Å². The molecule has 160 valence electrons. The number of carbonyl (C=O) groups excluding carboxylic acids is 2. The lowest BCUT2D eigenvalue weighted by Crippen LogP contribution is -2.38. The molecule has 0 saturated carbocycles. The van der Waals surface area contributed by atoms with Crippen molar-refractivity contribution in [3.8, 4) is 11.4 Å². The Balaban J connectivity index is 1.31. The zero-order valence-corrected chi connectivity index (χ0v) is 18.3. The van der Waals surface area contributed by atoms with Crippen LogP contribution in [0, 0.1) is 5.92 Å². The first kappa shape index (κ1) is 21.2. The molecule has 0 unspecified atom stereocenters. The first-order chi connectivity index (χ1) is 15.0. The van der Waals surface area contributed by atoms with E-state index >= 15 is 0 Å². The van der Waals surface area contributed by atoms with Crippen LogP contribution in [0.4, 0.5) is 5.69 Å². The molecule has 1 saturated heterocycles. The summed E-state index contributed by atoms with van der Waals surface area (Å²) in [5, 5.41) is 6.92. The molecular formula is C22H22BrN5O3. The molecule has 1 fully saturated rings. The lowest BCUT2D eigenvalue weighted by atomic mass is 9.95. The van der Waals surface area contributed by atoms with E-state index in [4.69, 9.17) is 10.3 Å². The van der Waals surface area contributed by atoms with Crippen LogP contribution in [0.25, 0.3) is 11.4 Å². The molecule has 0 spiro atoms. The summed E-state index contributed by atoms with van der Waals surface area (Å²) in [7, 11) is 0. The van der Waals surface area contributed by atoms with E-state index < -0.39 is 5.91 Å². The van der Waals surface area contributed by atoms with Gasteiger partial charge in [0.15, 0.2) is 0 Å². The third kappa shape index (κ3) is 5.18. The zero-order valence-electron chi connectivity index (χ0n) is 16.8. The van der Waals surface area contributed by atoms with E-state index in [1.54, 1.807) is 24.3 Å². The predicted octanol–water partition coefficient (Wildman–Crippen LogP) is 3.45. The van der Waals surface area contributed by atoms with Crippen molar-refractivity contribution in [2.24, 2.45) is 11.7 Å². The quantitative estimate of drug-likeness (QED) is 0.554. The third-order valence-electron chi connectivity index (χ3n) is 5.32. The van der Waals surface area contributed by atoms with Crippen molar-refractivity contribution in [3.63, 3.8) is 0 Å². The van der Waals surface area contributed by atoms with Gasteiger partial charge in [-0.25, -0.2) is 0 Å². The molecule has 31 heavy (non-hydrogen) atoms. The molecule has 1 aliphatic rings. The van der Waals surface area contributed by atoms with Crippen LogP contribution in [0.1, 0.15) is 29.1 Å². The maximum absolute atomic E-state index is 12.7. The minimum Gasteiger partial charge on any atom is -0.366 e. The van der Waals surface area contributed by atoms with Crippen LogP contribution >= 0.6 is 15.9 Å². The molecule has 2 amide bonds. The Labute approximate surface area is 187 Å². The number of rotatable bonds is 6. The number of nitrogens with zero attached hydrogens (tertiary/aromatic N) is 3. The lowest BCUT2D eigenvalue weighted by molar-refractivity contribution is -0.121. The number of amides is 2. The van der Waals surface area contributed by atoms with Crippen molar-refractivity contribution in [2.75, 3.05) is 18.4 Å². The third-order valence-corrected chi connectivity index (χ3v) is 5.81. The van der Waals surface area contributed by atoms with E-state index in [-0.39, 0.29) is 11.8 Å². The van der Waals surface area contributed by atoms with E-state index in [9.17, 15) is 9.59 Å². The van der Waals surface area contributed by atoms with Crippen LogP contribution in [0.15, 0.2) is 57.5 Å². The number of halogens is 1. The normalized spacial score (nSPS) is 15.0. The standard InChI is InChI=1S/C22H22BrN5O3/c23-16-5-3-4-15(12-16)21-26-19(31-27-21)13-28-10-8-14(9-11-28)22(30)25-18-7-2-1-6-17(18)20(24)29/h1-7,12,14H,8-11,13H2,(H2,24,29)(H,25,30). The van der Waals surface area contributed by atoms with Crippen molar-refractivity contribution in [2.45, 2.75) is 19.4 Å². The smallest absolute Gasteiger partial charge is 0.250 e. The molecule has 2 aromatic carbocycles. The van der Waals surface area contributed by atoms with Gasteiger partial charge in [-0.15, -0.1) is 0 Å². The van der Waals surface area contributed by atoms with Gasteiger partial charge in [-0.05, 0) is 50.2 Å². The molecule has 8 nitrogen and oxygen atoms in total. The summed E-state index contributed by atoms with van der Waals surface area (Å²) in [5.41, 5.74) is 7.04. The van der Waals surface area contributed by atoms with E-state index in [0.717, 1.165) is 23.1 Å². The second-order valence-electron chi connectivity index (χ2n) is 7.47. The maximum atomic E-state index is 12.7. The average molecular weight is 484 g/mol. The van der Waals surface area contributed by atoms with Gasteiger partial charge in [-0.2, -0.15) is 4.98 Å². The minimum atomic E-state index is -0.562. The van der Waals surface area contributed by atoms with Crippen molar-refractivity contribution < 1.29 is 14.1 Å². The predicted molar refractivity (Wildman–Crippen MR) is 119 cm³/mol. The van der Waals surface area contributed by atoms with Crippen LogP contribution in [-0.4, -0.2) is 39.9 Å². The average Bonchev–Trinajstić information content (AvgIpc) is 3.23. The monoisotopic (exact) mass is 483 g/mol. The highest BCUT2D eigenvalue weighted by molar-refractivity contribution is 9.10. The molecule has 1 aliphatic heterocycles. The number of aromatic nitrogens is 2. The molecule has 2 heterocycles. The van der Waals surface area contributed by atoms with E-state index in [1.165, 1.54) is 0 Å². The highest BCUT2D eigenvalue weighted by Crippen LogP contribution is 2.24. The fourth-order valence-electron chi connectivity index (χ4n) is 3.65. The topological polar surface area (TPSA) is 114 Å². The fraction of sp³-hybridized carbons (Fsp3) is 0.273. The van der Waals surface area contributed by atoms with E-state index in [1.807, 2.05) is 24.3 Å². The number of nitrogens with two attached hydrogens (primary N) is 1. The molecular weight excluding hydrogens is 462 g/mol. The van der Waals surface area contributed by atoms with Gasteiger partial charge in [-0.1, -0.05) is 45.4 Å². The number of nitrogens with one attached hydrogen (secondary N) is 1. The summed E-state index contributed by atoms with van der Waals surface area (Å²) in [5.74, 6) is 0.319. The van der Waals surface area contributed by atoms with Gasteiger partial charge in [0, 0.05) is 16.0 Å². The number of carbonyl (C=O) groups is 2. The van der Waals surface area contributed by atoms with Crippen LogP contribution in [0.2, 0.25) is 0 Å². The van der Waals surface area contributed by atoms with E-state index in [0.29, 0.717) is 42.4 Å². The van der Waals surface area contributed by atoms with Crippen molar-refractivity contribution in [3.05, 3.63) is 64.5 Å². The molecule has 4 rings (SSSR count). The first-order valence-corrected chi connectivity index (χ1v) is 10.8. The first-order valence-electron chi connectivity index (χ1n) is 10.00. The zero-order chi connectivity index (χ0) is 21.8. The SMILES string of the molecule is NC(=O)c1ccccc1NC(=O)C1CCN(Cc2nc(-c3cccc(Br)c3)no2)CC1. The summed E-state index contributed by atoms with van der Waals surface area (Å²) in [6.07, 6.45) is 1.41.